The SMILES string of the molecule is Cc1cc(Cl)cc(C(=O)NC2CCCCC2CN)c1.Cl. The zero-order valence-electron chi connectivity index (χ0n) is 11.7. The van der Waals surface area contributed by atoms with Gasteiger partial charge in [0.05, 0.1) is 0 Å². The normalized spacial score (nSPS) is 21.9. The van der Waals surface area contributed by atoms with Crippen LogP contribution in [0.15, 0.2) is 18.2 Å². The van der Waals surface area contributed by atoms with Crippen LogP contribution in [0.2, 0.25) is 5.02 Å². The largest absolute Gasteiger partial charge is 0.349 e. The minimum atomic E-state index is -0.0454. The number of hydrogen-bond acceptors (Lipinski definition) is 2. The molecule has 3 N–H and O–H groups in total. The Morgan fingerprint density at radius 1 is 1.35 bits per heavy atom. The number of halogens is 2. The molecule has 1 fully saturated rings. The summed E-state index contributed by atoms with van der Waals surface area (Å²) in [4.78, 5) is 12.3. The van der Waals surface area contributed by atoms with Crippen LogP contribution in [0.25, 0.3) is 0 Å². The van der Waals surface area contributed by atoms with E-state index in [1.807, 2.05) is 19.1 Å². The van der Waals surface area contributed by atoms with Crippen LogP contribution in [0.1, 0.15) is 41.6 Å². The number of nitrogens with one attached hydrogen (secondary N) is 1. The molecule has 2 unspecified atom stereocenters. The molecule has 0 heterocycles. The average molecular weight is 317 g/mol. The molecule has 2 rings (SSSR count). The Morgan fingerprint density at radius 2 is 2.05 bits per heavy atom. The fourth-order valence-electron chi connectivity index (χ4n) is 2.80. The van der Waals surface area contributed by atoms with Gasteiger partial charge in [-0.1, -0.05) is 24.4 Å². The van der Waals surface area contributed by atoms with Gasteiger partial charge in [0.1, 0.15) is 0 Å². The summed E-state index contributed by atoms with van der Waals surface area (Å²) in [5.41, 5.74) is 7.41. The number of amides is 1. The fourth-order valence-corrected chi connectivity index (χ4v) is 3.09. The van der Waals surface area contributed by atoms with E-state index in [2.05, 4.69) is 5.32 Å². The molecule has 1 aromatic carbocycles. The first kappa shape index (κ1) is 17.3. The van der Waals surface area contributed by atoms with Crippen LogP contribution < -0.4 is 11.1 Å². The molecule has 3 nitrogen and oxygen atoms in total. The first-order valence-corrected chi connectivity index (χ1v) is 7.26. The summed E-state index contributed by atoms with van der Waals surface area (Å²) < 4.78 is 0. The van der Waals surface area contributed by atoms with Crippen LogP contribution in [0.5, 0.6) is 0 Å². The summed E-state index contributed by atoms with van der Waals surface area (Å²) in [6.07, 6.45) is 4.50. The smallest absolute Gasteiger partial charge is 0.251 e. The van der Waals surface area contributed by atoms with Crippen LogP contribution in [-0.4, -0.2) is 18.5 Å². The number of benzene rings is 1. The van der Waals surface area contributed by atoms with Gasteiger partial charge in [0.15, 0.2) is 0 Å². The summed E-state index contributed by atoms with van der Waals surface area (Å²) >= 11 is 5.99. The van der Waals surface area contributed by atoms with Gasteiger partial charge in [-0.15, -0.1) is 12.4 Å². The van der Waals surface area contributed by atoms with Crippen molar-refractivity contribution in [1.29, 1.82) is 0 Å². The van der Waals surface area contributed by atoms with Gasteiger partial charge in [-0.2, -0.15) is 0 Å². The number of aryl methyl sites for hydroxylation is 1. The van der Waals surface area contributed by atoms with E-state index in [0.29, 0.717) is 23.0 Å². The molecule has 0 aliphatic heterocycles. The van der Waals surface area contributed by atoms with Crippen molar-refractivity contribution in [3.8, 4) is 0 Å². The van der Waals surface area contributed by atoms with Gasteiger partial charge in [-0.3, -0.25) is 4.79 Å². The predicted molar refractivity (Wildman–Crippen MR) is 85.7 cm³/mol. The molecule has 0 aromatic heterocycles. The van der Waals surface area contributed by atoms with Gasteiger partial charge < -0.3 is 11.1 Å². The monoisotopic (exact) mass is 316 g/mol. The van der Waals surface area contributed by atoms with E-state index in [4.69, 9.17) is 17.3 Å². The lowest BCUT2D eigenvalue weighted by molar-refractivity contribution is 0.0908. The molecule has 1 aliphatic rings. The van der Waals surface area contributed by atoms with Gasteiger partial charge in [0.25, 0.3) is 5.91 Å². The zero-order valence-corrected chi connectivity index (χ0v) is 13.3. The number of hydrogen-bond donors (Lipinski definition) is 2. The van der Waals surface area contributed by atoms with Crippen LogP contribution in [0, 0.1) is 12.8 Å². The van der Waals surface area contributed by atoms with Crippen LogP contribution >= 0.6 is 24.0 Å². The van der Waals surface area contributed by atoms with E-state index < -0.39 is 0 Å². The van der Waals surface area contributed by atoms with Gasteiger partial charge in [0.2, 0.25) is 0 Å². The maximum atomic E-state index is 12.3. The molecule has 5 heteroatoms. The maximum Gasteiger partial charge on any atom is 0.251 e. The maximum absolute atomic E-state index is 12.3. The third kappa shape index (κ3) is 4.37. The van der Waals surface area contributed by atoms with Crippen molar-refractivity contribution >= 4 is 29.9 Å². The van der Waals surface area contributed by atoms with Crippen molar-refractivity contribution in [2.75, 3.05) is 6.54 Å². The van der Waals surface area contributed by atoms with Gasteiger partial charge in [-0.25, -0.2) is 0 Å². The first-order chi connectivity index (χ1) is 9.10. The van der Waals surface area contributed by atoms with Crippen LogP contribution in [0.3, 0.4) is 0 Å². The Morgan fingerprint density at radius 3 is 2.70 bits per heavy atom. The second-order valence-electron chi connectivity index (χ2n) is 5.38. The van der Waals surface area contributed by atoms with E-state index in [-0.39, 0.29) is 24.4 Å². The van der Waals surface area contributed by atoms with E-state index >= 15 is 0 Å². The number of carbonyl (C=O) groups is 1. The van der Waals surface area contributed by atoms with E-state index in [0.717, 1.165) is 24.8 Å². The molecule has 0 bridgehead atoms. The second-order valence-corrected chi connectivity index (χ2v) is 5.81. The molecule has 0 radical (unpaired) electrons. The summed E-state index contributed by atoms with van der Waals surface area (Å²) in [5.74, 6) is 0.355. The van der Waals surface area contributed by atoms with Crippen molar-refractivity contribution in [1.82, 2.24) is 5.32 Å². The van der Waals surface area contributed by atoms with Crippen molar-refractivity contribution < 1.29 is 4.79 Å². The molecule has 0 spiro atoms. The summed E-state index contributed by atoms with van der Waals surface area (Å²) in [6, 6.07) is 5.62. The number of carbonyl (C=O) groups excluding carboxylic acids is 1. The summed E-state index contributed by atoms with van der Waals surface area (Å²) in [6.45, 7) is 2.57. The minimum Gasteiger partial charge on any atom is -0.349 e. The van der Waals surface area contributed by atoms with E-state index in [9.17, 15) is 4.79 Å². The Labute approximate surface area is 131 Å². The van der Waals surface area contributed by atoms with Crippen LogP contribution in [0.4, 0.5) is 0 Å². The Bertz CT molecular complexity index is 445. The Hall–Kier alpha value is -0.770. The molecule has 1 saturated carbocycles. The topological polar surface area (TPSA) is 55.1 Å². The van der Waals surface area contributed by atoms with Crippen LogP contribution in [-0.2, 0) is 0 Å². The molecule has 112 valence electrons. The fraction of sp³-hybridized carbons (Fsp3) is 0.533. The van der Waals surface area contributed by atoms with Crippen molar-refractivity contribution in [3.63, 3.8) is 0 Å². The Kier molecular flexibility index (Phi) is 6.80. The lowest BCUT2D eigenvalue weighted by Crippen LogP contribution is -2.44. The predicted octanol–water partition coefficient (Wildman–Crippen LogP) is 3.32. The van der Waals surface area contributed by atoms with Gasteiger partial charge in [-0.05, 0) is 56.0 Å². The highest BCUT2D eigenvalue weighted by molar-refractivity contribution is 6.31. The Balaban J connectivity index is 0.00000200. The van der Waals surface area contributed by atoms with Crippen molar-refractivity contribution in [2.24, 2.45) is 11.7 Å². The van der Waals surface area contributed by atoms with Gasteiger partial charge in [0, 0.05) is 16.6 Å². The number of nitrogens with two attached hydrogens (primary N) is 1. The highest BCUT2D eigenvalue weighted by Crippen LogP contribution is 2.24. The molecule has 2 atom stereocenters. The third-order valence-electron chi connectivity index (χ3n) is 3.83. The summed E-state index contributed by atoms with van der Waals surface area (Å²) in [7, 11) is 0. The molecule has 1 aliphatic carbocycles. The quantitative estimate of drug-likeness (QED) is 0.898. The standard InChI is InChI=1S/C15H21ClN2O.ClH/c1-10-6-12(8-13(16)7-10)15(19)18-14-5-3-2-4-11(14)9-17;/h6-8,11,14H,2-5,9,17H2,1H3,(H,18,19);1H. The highest BCUT2D eigenvalue weighted by atomic mass is 35.5. The highest BCUT2D eigenvalue weighted by Gasteiger charge is 2.25. The van der Waals surface area contributed by atoms with Crippen molar-refractivity contribution in [3.05, 3.63) is 34.3 Å². The second kappa shape index (κ2) is 7.87. The lowest BCUT2D eigenvalue weighted by Gasteiger charge is -2.31. The molecular weight excluding hydrogens is 295 g/mol. The lowest BCUT2D eigenvalue weighted by atomic mass is 9.84. The molecule has 20 heavy (non-hydrogen) atoms. The van der Waals surface area contributed by atoms with Crippen molar-refractivity contribution in [2.45, 2.75) is 38.6 Å². The first-order valence-electron chi connectivity index (χ1n) is 6.88. The van der Waals surface area contributed by atoms with E-state index in [1.54, 1.807) is 6.07 Å². The minimum absolute atomic E-state index is 0. The molecule has 1 aromatic rings. The zero-order chi connectivity index (χ0) is 13.8. The number of rotatable bonds is 3. The molecule has 0 saturated heterocycles. The van der Waals surface area contributed by atoms with Gasteiger partial charge >= 0.3 is 0 Å². The molecular formula is C15H22Cl2N2O. The molecule has 1 amide bonds. The summed E-state index contributed by atoms with van der Waals surface area (Å²) in [5, 5.41) is 3.71. The van der Waals surface area contributed by atoms with E-state index in [1.165, 1.54) is 6.42 Å². The average Bonchev–Trinajstić information content (AvgIpc) is 2.38. The third-order valence-corrected chi connectivity index (χ3v) is 4.05.